The van der Waals surface area contributed by atoms with Crippen LogP contribution in [0.1, 0.15) is 79.6 Å². The van der Waals surface area contributed by atoms with E-state index in [0.717, 1.165) is 25.7 Å². The van der Waals surface area contributed by atoms with Gasteiger partial charge in [-0.05, 0) is 66.2 Å². The van der Waals surface area contributed by atoms with Crippen molar-refractivity contribution in [3.05, 3.63) is 0 Å². The quantitative estimate of drug-likeness (QED) is 0.504. The molecule has 0 saturated carbocycles. The minimum atomic E-state index is -0.401. The van der Waals surface area contributed by atoms with Crippen molar-refractivity contribution in [2.45, 2.75) is 116 Å². The summed E-state index contributed by atoms with van der Waals surface area (Å²) in [6.45, 7) is 9.62. The molecule has 174 valence electrons. The van der Waals surface area contributed by atoms with Crippen LogP contribution < -0.4 is 0 Å². The van der Waals surface area contributed by atoms with Crippen LogP contribution >= 0.6 is 0 Å². The molecule has 2 fully saturated rings. The second-order valence-electron chi connectivity index (χ2n) is 8.86. The van der Waals surface area contributed by atoms with Crippen LogP contribution in [0.15, 0.2) is 0 Å². The maximum absolute atomic E-state index is 12.7. The van der Waals surface area contributed by atoms with Crippen molar-refractivity contribution in [1.29, 1.82) is 0 Å². The fourth-order valence-corrected chi connectivity index (χ4v) is 4.37. The number of ether oxygens (including phenoxy) is 4. The largest absolute Gasteiger partial charge is 0.466 e. The summed E-state index contributed by atoms with van der Waals surface area (Å²) in [5.41, 5.74) is 0. The molecule has 2 saturated heterocycles. The molecule has 7 nitrogen and oxygen atoms in total. The van der Waals surface area contributed by atoms with Gasteiger partial charge in [0.05, 0.1) is 49.0 Å². The maximum Gasteiger partial charge on any atom is 0.311 e. The standard InChI is InChI=1S/C23H40O7/c1-6-17(13-19-9-11-20(29-19)15(4)22(25)27-7-2)30-23(26)16(5)21-10-8-18(28-21)12-14(3)24/h14-21,24H,6-13H2,1-5H3/t14-,15-,16+,17+,18-,19+,20-,21+/m1/s1. The fraction of sp³-hybridized carbons (Fsp3) is 0.913. The monoisotopic (exact) mass is 428 g/mol. The minimum absolute atomic E-state index is 0.0115. The summed E-state index contributed by atoms with van der Waals surface area (Å²) in [5.74, 6) is -1.08. The van der Waals surface area contributed by atoms with E-state index in [2.05, 4.69) is 0 Å². The number of carbonyl (C=O) groups excluding carboxylic acids is 2. The van der Waals surface area contributed by atoms with Gasteiger partial charge in [-0.25, -0.2) is 0 Å². The van der Waals surface area contributed by atoms with Crippen LogP contribution in [0.3, 0.4) is 0 Å². The van der Waals surface area contributed by atoms with Crippen molar-refractivity contribution in [3.8, 4) is 0 Å². The first-order valence-corrected chi connectivity index (χ1v) is 11.6. The number of carbonyl (C=O) groups is 2. The van der Waals surface area contributed by atoms with Crippen LogP contribution in [0.5, 0.6) is 0 Å². The summed E-state index contributed by atoms with van der Waals surface area (Å²) >= 11 is 0. The molecule has 0 unspecified atom stereocenters. The van der Waals surface area contributed by atoms with Crippen molar-refractivity contribution in [3.63, 3.8) is 0 Å². The lowest BCUT2D eigenvalue weighted by atomic mass is 10.00. The van der Waals surface area contributed by atoms with Gasteiger partial charge >= 0.3 is 11.9 Å². The Labute approximate surface area is 180 Å². The maximum atomic E-state index is 12.7. The highest BCUT2D eigenvalue weighted by Crippen LogP contribution is 2.31. The molecule has 0 aliphatic carbocycles. The van der Waals surface area contributed by atoms with E-state index in [-0.39, 0.29) is 54.3 Å². The molecule has 2 rings (SSSR count). The Bertz CT molecular complexity index is 550. The molecule has 0 aromatic heterocycles. The summed E-state index contributed by atoms with van der Waals surface area (Å²) in [7, 11) is 0. The van der Waals surface area contributed by atoms with Crippen molar-refractivity contribution in [2.24, 2.45) is 11.8 Å². The summed E-state index contributed by atoms with van der Waals surface area (Å²) in [4.78, 5) is 24.6. The molecule has 0 amide bonds. The topological polar surface area (TPSA) is 91.3 Å². The van der Waals surface area contributed by atoms with Gasteiger partial charge < -0.3 is 24.1 Å². The molecule has 1 N–H and O–H groups in total. The number of esters is 2. The van der Waals surface area contributed by atoms with Gasteiger partial charge in [0.15, 0.2) is 0 Å². The molecule has 2 heterocycles. The Morgan fingerprint density at radius 1 is 0.900 bits per heavy atom. The third-order valence-corrected chi connectivity index (χ3v) is 6.29. The van der Waals surface area contributed by atoms with Gasteiger partial charge in [-0.1, -0.05) is 6.92 Å². The normalized spacial score (nSPS) is 30.5. The van der Waals surface area contributed by atoms with Crippen molar-refractivity contribution >= 4 is 11.9 Å². The Morgan fingerprint density at radius 3 is 1.93 bits per heavy atom. The van der Waals surface area contributed by atoms with E-state index in [1.807, 2.05) is 20.8 Å². The smallest absolute Gasteiger partial charge is 0.311 e. The van der Waals surface area contributed by atoms with Gasteiger partial charge in [0.1, 0.15) is 6.10 Å². The van der Waals surface area contributed by atoms with Crippen LogP contribution in [0.2, 0.25) is 0 Å². The molecular formula is C23H40O7. The highest BCUT2D eigenvalue weighted by Gasteiger charge is 2.37. The van der Waals surface area contributed by atoms with Crippen LogP contribution in [0.4, 0.5) is 0 Å². The van der Waals surface area contributed by atoms with Crippen LogP contribution in [0.25, 0.3) is 0 Å². The molecule has 30 heavy (non-hydrogen) atoms. The van der Waals surface area contributed by atoms with Crippen LogP contribution in [-0.4, -0.2) is 60.3 Å². The van der Waals surface area contributed by atoms with Gasteiger partial charge in [0, 0.05) is 6.42 Å². The molecule has 2 aliphatic rings. The molecule has 0 spiro atoms. The first-order valence-electron chi connectivity index (χ1n) is 11.6. The average molecular weight is 429 g/mol. The molecule has 0 aromatic rings. The van der Waals surface area contributed by atoms with Crippen molar-refractivity contribution in [2.75, 3.05) is 6.61 Å². The van der Waals surface area contributed by atoms with Gasteiger partial charge in [-0.2, -0.15) is 0 Å². The fourth-order valence-electron chi connectivity index (χ4n) is 4.37. The van der Waals surface area contributed by atoms with E-state index < -0.39 is 6.10 Å². The van der Waals surface area contributed by atoms with Crippen molar-refractivity contribution < 1.29 is 33.6 Å². The Balaban J connectivity index is 1.78. The van der Waals surface area contributed by atoms with E-state index in [0.29, 0.717) is 25.9 Å². The van der Waals surface area contributed by atoms with Gasteiger partial charge in [0.25, 0.3) is 0 Å². The summed E-state index contributed by atoms with van der Waals surface area (Å²) in [5, 5.41) is 9.53. The first kappa shape index (κ1) is 25.1. The summed E-state index contributed by atoms with van der Waals surface area (Å²) in [6, 6.07) is 0. The van der Waals surface area contributed by atoms with E-state index in [4.69, 9.17) is 18.9 Å². The SMILES string of the molecule is CCOC(=O)[C@H](C)[C@H]1CC[C@@H](C[C@H](CC)OC(=O)[C@@H](C)[C@@H]2CC[C@H](C[C@@H](C)O)O2)O1. The number of hydrogen-bond donors (Lipinski definition) is 1. The zero-order valence-electron chi connectivity index (χ0n) is 19.2. The number of aliphatic hydroxyl groups is 1. The lowest BCUT2D eigenvalue weighted by Gasteiger charge is -2.25. The van der Waals surface area contributed by atoms with Gasteiger partial charge in [-0.15, -0.1) is 0 Å². The van der Waals surface area contributed by atoms with Crippen molar-refractivity contribution in [1.82, 2.24) is 0 Å². The van der Waals surface area contributed by atoms with E-state index >= 15 is 0 Å². The summed E-state index contributed by atoms with van der Waals surface area (Å²) < 4.78 is 22.9. The van der Waals surface area contributed by atoms with Crippen LogP contribution in [-0.2, 0) is 28.5 Å². The second-order valence-corrected chi connectivity index (χ2v) is 8.86. The minimum Gasteiger partial charge on any atom is -0.466 e. The molecule has 0 radical (unpaired) electrons. The third-order valence-electron chi connectivity index (χ3n) is 6.29. The molecule has 0 aromatic carbocycles. The third kappa shape index (κ3) is 7.20. The van der Waals surface area contributed by atoms with Gasteiger partial charge in [0.2, 0.25) is 0 Å². The zero-order valence-corrected chi connectivity index (χ0v) is 19.2. The highest BCUT2D eigenvalue weighted by molar-refractivity contribution is 5.73. The van der Waals surface area contributed by atoms with Gasteiger partial charge in [-0.3, -0.25) is 9.59 Å². The second kappa shape index (κ2) is 12.0. The Hall–Kier alpha value is -1.18. The number of hydrogen-bond acceptors (Lipinski definition) is 7. The molecule has 8 atom stereocenters. The van der Waals surface area contributed by atoms with Crippen LogP contribution in [0, 0.1) is 11.8 Å². The average Bonchev–Trinajstić information content (AvgIpc) is 3.35. The molecule has 2 aliphatic heterocycles. The Morgan fingerprint density at radius 2 is 1.43 bits per heavy atom. The Kier molecular flexibility index (Phi) is 10.0. The van der Waals surface area contributed by atoms with E-state index in [1.165, 1.54) is 0 Å². The first-order chi connectivity index (χ1) is 14.2. The number of rotatable bonds is 11. The molecular weight excluding hydrogens is 388 g/mol. The molecule has 7 heteroatoms. The molecule has 0 bridgehead atoms. The zero-order chi connectivity index (χ0) is 22.3. The predicted molar refractivity (Wildman–Crippen MR) is 112 cm³/mol. The number of aliphatic hydroxyl groups excluding tert-OH is 1. The summed E-state index contributed by atoms with van der Waals surface area (Å²) in [6.07, 6.45) is 4.37. The van der Waals surface area contributed by atoms with E-state index in [1.54, 1.807) is 13.8 Å². The lowest BCUT2D eigenvalue weighted by Crippen LogP contribution is -2.33. The predicted octanol–water partition coefficient (Wildman–Crippen LogP) is 3.40. The van der Waals surface area contributed by atoms with E-state index in [9.17, 15) is 14.7 Å². The lowest BCUT2D eigenvalue weighted by molar-refractivity contribution is -0.161. The highest BCUT2D eigenvalue weighted by atomic mass is 16.6.